The standard InChI is InChI=1S/C28H31N5O3/c1-6-29-27(34)23-13-20-21(15-32(5)28(35)25(20)30-23)19-12-22-18(14-33(7-2)31-22)11-24(19)36-26-16(3)9-8-10-17(26)4/h8-15,28,30,35H,6-7H2,1-5H3,(H,29,34). The molecule has 0 radical (unpaired) electrons. The highest BCUT2D eigenvalue weighted by atomic mass is 16.5. The maximum atomic E-state index is 12.6. The molecule has 0 saturated carbocycles. The molecule has 0 saturated heterocycles. The average molecular weight is 486 g/mol. The van der Waals surface area contributed by atoms with Gasteiger partial charge >= 0.3 is 0 Å². The van der Waals surface area contributed by atoms with Gasteiger partial charge in [0.15, 0.2) is 6.23 Å². The van der Waals surface area contributed by atoms with Crippen LogP contribution in [0.1, 0.15) is 58.5 Å². The fraction of sp³-hybridized carbons (Fsp3) is 0.286. The largest absolute Gasteiger partial charge is 0.456 e. The zero-order valence-corrected chi connectivity index (χ0v) is 21.2. The third-order valence-electron chi connectivity index (χ3n) is 6.59. The number of hydrogen-bond acceptors (Lipinski definition) is 5. The summed E-state index contributed by atoms with van der Waals surface area (Å²) < 4.78 is 8.50. The maximum absolute atomic E-state index is 12.6. The van der Waals surface area contributed by atoms with E-state index in [1.807, 2.05) is 68.2 Å². The van der Waals surface area contributed by atoms with Crippen molar-refractivity contribution < 1.29 is 14.6 Å². The molecular formula is C28H31N5O3. The lowest BCUT2D eigenvalue weighted by Crippen LogP contribution is -2.25. The van der Waals surface area contributed by atoms with Crippen LogP contribution < -0.4 is 10.1 Å². The average Bonchev–Trinajstić information content (AvgIpc) is 3.48. The highest BCUT2D eigenvalue weighted by molar-refractivity contribution is 5.97. The van der Waals surface area contributed by atoms with Gasteiger partial charge in [0.2, 0.25) is 0 Å². The van der Waals surface area contributed by atoms with Crippen molar-refractivity contribution >= 4 is 22.4 Å². The molecule has 8 heteroatoms. The molecule has 3 N–H and O–H groups in total. The van der Waals surface area contributed by atoms with Gasteiger partial charge in [-0.05, 0) is 57.0 Å². The van der Waals surface area contributed by atoms with Gasteiger partial charge in [0.25, 0.3) is 5.91 Å². The van der Waals surface area contributed by atoms with E-state index in [0.29, 0.717) is 23.7 Å². The molecule has 186 valence electrons. The van der Waals surface area contributed by atoms with Gasteiger partial charge in [-0.25, -0.2) is 0 Å². The quantitative estimate of drug-likeness (QED) is 0.362. The number of fused-ring (bicyclic) bond motifs is 2. The molecule has 0 bridgehead atoms. The van der Waals surface area contributed by atoms with E-state index in [2.05, 4.69) is 17.2 Å². The number of aromatic nitrogens is 3. The second-order valence-corrected chi connectivity index (χ2v) is 9.17. The van der Waals surface area contributed by atoms with E-state index < -0.39 is 6.23 Å². The number of amides is 1. The van der Waals surface area contributed by atoms with Crippen LogP contribution in [-0.2, 0) is 6.54 Å². The normalized spacial score (nSPS) is 15.1. The van der Waals surface area contributed by atoms with E-state index >= 15 is 0 Å². The zero-order valence-electron chi connectivity index (χ0n) is 21.2. The summed E-state index contributed by atoms with van der Waals surface area (Å²) in [6, 6.07) is 11.9. The highest BCUT2D eigenvalue weighted by Gasteiger charge is 2.30. The van der Waals surface area contributed by atoms with Crippen LogP contribution in [0.5, 0.6) is 11.5 Å². The van der Waals surface area contributed by atoms with Crippen molar-refractivity contribution in [2.75, 3.05) is 13.6 Å². The van der Waals surface area contributed by atoms with E-state index in [0.717, 1.165) is 51.0 Å². The summed E-state index contributed by atoms with van der Waals surface area (Å²) >= 11 is 0. The summed E-state index contributed by atoms with van der Waals surface area (Å²) in [5.74, 6) is 1.27. The van der Waals surface area contributed by atoms with Crippen molar-refractivity contribution in [2.24, 2.45) is 0 Å². The molecule has 36 heavy (non-hydrogen) atoms. The van der Waals surface area contributed by atoms with Crippen LogP contribution in [0.3, 0.4) is 0 Å². The molecule has 0 fully saturated rings. The third-order valence-corrected chi connectivity index (χ3v) is 6.59. The van der Waals surface area contributed by atoms with Crippen molar-refractivity contribution in [3.8, 4) is 11.5 Å². The first-order valence-electron chi connectivity index (χ1n) is 12.2. The van der Waals surface area contributed by atoms with E-state index in [1.54, 1.807) is 18.0 Å². The minimum absolute atomic E-state index is 0.217. The van der Waals surface area contributed by atoms with Crippen LogP contribution in [0.25, 0.3) is 16.5 Å². The van der Waals surface area contributed by atoms with Gasteiger partial charge in [-0.2, -0.15) is 5.10 Å². The molecule has 1 amide bonds. The van der Waals surface area contributed by atoms with Crippen LogP contribution in [-0.4, -0.2) is 44.3 Å². The van der Waals surface area contributed by atoms with E-state index in [4.69, 9.17) is 9.84 Å². The Morgan fingerprint density at radius 1 is 1.17 bits per heavy atom. The number of nitrogens with zero attached hydrogens (tertiary/aromatic N) is 3. The topological polar surface area (TPSA) is 95.4 Å². The van der Waals surface area contributed by atoms with Crippen LogP contribution in [0.2, 0.25) is 0 Å². The first-order valence-corrected chi connectivity index (χ1v) is 12.2. The smallest absolute Gasteiger partial charge is 0.267 e. The number of rotatable bonds is 6. The summed E-state index contributed by atoms with van der Waals surface area (Å²) in [5, 5.41) is 19.4. The molecule has 1 unspecified atom stereocenters. The molecule has 0 spiro atoms. The number of para-hydroxylation sites is 1. The van der Waals surface area contributed by atoms with Gasteiger partial charge in [0.05, 0.1) is 11.2 Å². The number of hydrogen-bond donors (Lipinski definition) is 3. The summed E-state index contributed by atoms with van der Waals surface area (Å²) in [6.45, 7) is 9.25. The Kier molecular flexibility index (Phi) is 6.05. The first-order chi connectivity index (χ1) is 17.3. The van der Waals surface area contributed by atoms with Gasteiger partial charge in [0.1, 0.15) is 17.2 Å². The Labute approximate surface area is 210 Å². The third kappa shape index (κ3) is 4.03. The van der Waals surface area contributed by atoms with E-state index in [9.17, 15) is 9.90 Å². The summed E-state index contributed by atoms with van der Waals surface area (Å²) in [5.41, 5.74) is 6.29. The van der Waals surface area contributed by atoms with Crippen LogP contribution in [0.15, 0.2) is 48.8 Å². The van der Waals surface area contributed by atoms with Gasteiger partial charge in [-0.1, -0.05) is 18.2 Å². The molecule has 1 atom stereocenters. The predicted octanol–water partition coefficient (Wildman–Crippen LogP) is 4.87. The van der Waals surface area contributed by atoms with Crippen molar-refractivity contribution in [1.82, 2.24) is 25.0 Å². The van der Waals surface area contributed by atoms with Crippen LogP contribution >= 0.6 is 0 Å². The Morgan fingerprint density at radius 3 is 2.61 bits per heavy atom. The summed E-state index contributed by atoms with van der Waals surface area (Å²) in [7, 11) is 1.80. The van der Waals surface area contributed by atoms with E-state index in [-0.39, 0.29) is 5.91 Å². The molecule has 3 heterocycles. The number of benzene rings is 2. The number of carbonyl (C=O) groups is 1. The Hall–Kier alpha value is -4.04. The lowest BCUT2D eigenvalue weighted by Gasteiger charge is -2.29. The number of aromatic amines is 1. The molecular weight excluding hydrogens is 454 g/mol. The van der Waals surface area contributed by atoms with Gasteiger partial charge in [-0.3, -0.25) is 9.48 Å². The van der Waals surface area contributed by atoms with Crippen LogP contribution in [0.4, 0.5) is 0 Å². The van der Waals surface area contributed by atoms with E-state index in [1.165, 1.54) is 0 Å². The number of ether oxygens (including phenoxy) is 1. The lowest BCUT2D eigenvalue weighted by atomic mass is 9.94. The fourth-order valence-electron chi connectivity index (χ4n) is 4.67. The predicted molar refractivity (Wildman–Crippen MR) is 140 cm³/mol. The van der Waals surface area contributed by atoms with Gasteiger partial charge in [0, 0.05) is 54.6 Å². The maximum Gasteiger partial charge on any atom is 0.267 e. The molecule has 0 aliphatic carbocycles. The molecule has 1 aliphatic heterocycles. The summed E-state index contributed by atoms with van der Waals surface area (Å²) in [6.07, 6.45) is 2.99. The Morgan fingerprint density at radius 2 is 1.92 bits per heavy atom. The molecule has 2 aromatic carbocycles. The monoisotopic (exact) mass is 485 g/mol. The minimum atomic E-state index is -0.905. The second kappa shape index (κ2) is 9.20. The Bertz CT molecular complexity index is 1480. The van der Waals surface area contributed by atoms with Crippen molar-refractivity contribution in [3.05, 3.63) is 82.4 Å². The number of nitrogens with one attached hydrogen (secondary N) is 2. The SMILES string of the molecule is CCNC(=O)c1cc2c([nH]1)C(O)N(C)C=C2c1cc2nn(CC)cc2cc1Oc1c(C)cccc1C. The van der Waals surface area contributed by atoms with Crippen molar-refractivity contribution in [3.63, 3.8) is 0 Å². The number of H-pyrrole nitrogens is 1. The van der Waals surface area contributed by atoms with Gasteiger partial charge in [-0.15, -0.1) is 0 Å². The fourth-order valence-corrected chi connectivity index (χ4v) is 4.67. The lowest BCUT2D eigenvalue weighted by molar-refractivity contribution is 0.0486. The van der Waals surface area contributed by atoms with Gasteiger partial charge < -0.3 is 25.0 Å². The molecule has 8 nitrogen and oxygen atoms in total. The molecule has 5 rings (SSSR count). The van der Waals surface area contributed by atoms with Crippen molar-refractivity contribution in [2.45, 2.75) is 40.5 Å². The second-order valence-electron chi connectivity index (χ2n) is 9.17. The molecule has 2 aromatic heterocycles. The number of aliphatic hydroxyl groups excluding tert-OH is 1. The minimum Gasteiger partial charge on any atom is -0.456 e. The summed E-state index contributed by atoms with van der Waals surface area (Å²) in [4.78, 5) is 17.4. The zero-order chi connectivity index (χ0) is 25.6. The number of aliphatic hydroxyl groups is 1. The van der Waals surface area contributed by atoms with Crippen LogP contribution in [0, 0.1) is 13.8 Å². The first kappa shape index (κ1) is 23.7. The Balaban J connectivity index is 1.71. The highest BCUT2D eigenvalue weighted by Crippen LogP contribution is 2.43. The molecule has 4 aromatic rings. The number of aryl methyl sites for hydroxylation is 3. The molecule has 1 aliphatic rings. The number of carbonyl (C=O) groups excluding carboxylic acids is 1. The van der Waals surface area contributed by atoms with Crippen molar-refractivity contribution in [1.29, 1.82) is 0 Å².